The van der Waals surface area contributed by atoms with Crippen LogP contribution in [-0.4, -0.2) is 25.4 Å². The van der Waals surface area contributed by atoms with Gasteiger partial charge in [-0.3, -0.25) is 4.79 Å². The SMILES string of the molecule is [2H]C([2H])([2H])C(=O)c1ccc(OCCCCl)c(OC)c1. The van der Waals surface area contributed by atoms with Crippen LogP contribution in [0, 0.1) is 0 Å². The molecule has 1 aromatic rings. The van der Waals surface area contributed by atoms with Crippen LogP contribution in [0.1, 0.15) is 27.7 Å². The fourth-order valence-electron chi connectivity index (χ4n) is 1.16. The molecule has 0 radical (unpaired) electrons. The van der Waals surface area contributed by atoms with Crippen molar-refractivity contribution in [1.29, 1.82) is 0 Å². The number of Topliss-reactive ketones (excluding diaryl/α,β-unsaturated/α-hetero) is 1. The molecule has 0 aliphatic rings. The summed E-state index contributed by atoms with van der Waals surface area (Å²) in [6, 6.07) is 4.30. The molecule has 0 N–H and O–H groups in total. The first-order valence-electron chi connectivity index (χ1n) is 6.31. The van der Waals surface area contributed by atoms with E-state index in [1.165, 1.54) is 25.3 Å². The van der Waals surface area contributed by atoms with Gasteiger partial charge in [-0.15, -0.1) is 11.6 Å². The van der Waals surface area contributed by atoms with Crippen molar-refractivity contribution in [2.75, 3.05) is 19.6 Å². The molecule has 0 heterocycles. The van der Waals surface area contributed by atoms with Gasteiger partial charge in [-0.05, 0) is 31.5 Å². The summed E-state index contributed by atoms with van der Waals surface area (Å²) in [5, 5.41) is 0. The Morgan fingerprint density at radius 3 is 2.94 bits per heavy atom. The number of ether oxygens (including phenoxy) is 2. The van der Waals surface area contributed by atoms with Crippen molar-refractivity contribution in [2.24, 2.45) is 0 Å². The van der Waals surface area contributed by atoms with Gasteiger partial charge in [0.15, 0.2) is 17.3 Å². The van der Waals surface area contributed by atoms with Crippen molar-refractivity contribution in [3.05, 3.63) is 23.8 Å². The maximum Gasteiger partial charge on any atom is 0.161 e. The van der Waals surface area contributed by atoms with Crippen LogP contribution in [0.5, 0.6) is 11.5 Å². The maximum absolute atomic E-state index is 11.6. The van der Waals surface area contributed by atoms with Crippen LogP contribution in [0.25, 0.3) is 0 Å². The van der Waals surface area contributed by atoms with Gasteiger partial charge < -0.3 is 9.47 Å². The standard InChI is InChI=1S/C12H15ClO3/c1-9(14)10-4-5-11(12(8-10)15-2)16-7-3-6-13/h4-5,8H,3,6-7H2,1-2H3/i1D3. The predicted octanol–water partition coefficient (Wildman–Crippen LogP) is 2.91. The first-order chi connectivity index (χ1) is 8.90. The van der Waals surface area contributed by atoms with Crippen LogP contribution in [0.15, 0.2) is 18.2 Å². The number of alkyl halides is 1. The maximum atomic E-state index is 11.6. The largest absolute Gasteiger partial charge is 0.493 e. The number of hydrogen-bond acceptors (Lipinski definition) is 3. The number of rotatable bonds is 6. The van der Waals surface area contributed by atoms with Gasteiger partial charge in [0.05, 0.1) is 13.7 Å². The molecule has 0 unspecified atom stereocenters. The van der Waals surface area contributed by atoms with E-state index < -0.39 is 12.6 Å². The molecular weight excluding hydrogens is 228 g/mol. The highest BCUT2D eigenvalue weighted by atomic mass is 35.5. The molecule has 0 aromatic heterocycles. The van der Waals surface area contributed by atoms with E-state index in [1.807, 2.05) is 0 Å². The number of methoxy groups -OCH3 is 1. The number of halogens is 1. The molecule has 0 saturated heterocycles. The van der Waals surface area contributed by atoms with Crippen molar-refractivity contribution in [3.63, 3.8) is 0 Å². The highest BCUT2D eigenvalue weighted by Crippen LogP contribution is 2.28. The van der Waals surface area contributed by atoms with Crippen LogP contribution in [-0.2, 0) is 0 Å². The summed E-state index contributed by atoms with van der Waals surface area (Å²) in [4.78, 5) is 11.6. The normalized spacial score (nSPS) is 13.5. The van der Waals surface area contributed by atoms with Crippen molar-refractivity contribution < 1.29 is 18.4 Å². The van der Waals surface area contributed by atoms with E-state index in [1.54, 1.807) is 0 Å². The lowest BCUT2D eigenvalue weighted by Crippen LogP contribution is -2.01. The van der Waals surface area contributed by atoms with E-state index in [-0.39, 0.29) is 5.56 Å². The number of ketones is 1. The molecule has 0 aliphatic heterocycles. The minimum atomic E-state index is -2.66. The van der Waals surface area contributed by atoms with E-state index in [9.17, 15) is 4.79 Å². The van der Waals surface area contributed by atoms with Crippen molar-refractivity contribution in [2.45, 2.75) is 13.3 Å². The molecule has 0 spiro atoms. The molecule has 0 aliphatic carbocycles. The van der Waals surface area contributed by atoms with Crippen LogP contribution >= 0.6 is 11.6 Å². The topological polar surface area (TPSA) is 35.5 Å². The van der Waals surface area contributed by atoms with Gasteiger partial charge in [-0.2, -0.15) is 0 Å². The summed E-state index contributed by atoms with van der Waals surface area (Å²) in [6.07, 6.45) is 0.681. The van der Waals surface area contributed by atoms with Gasteiger partial charge in [-0.1, -0.05) is 0 Å². The molecule has 0 saturated carbocycles. The third-order valence-corrected chi connectivity index (χ3v) is 2.23. The van der Waals surface area contributed by atoms with Gasteiger partial charge in [0, 0.05) is 15.6 Å². The first-order valence-corrected chi connectivity index (χ1v) is 5.35. The Kier molecular flexibility index (Phi) is 3.54. The average Bonchev–Trinajstić information content (AvgIpc) is 2.37. The first kappa shape index (κ1) is 8.88. The summed E-state index contributed by atoms with van der Waals surface area (Å²) < 4.78 is 31.8. The predicted molar refractivity (Wildman–Crippen MR) is 63.8 cm³/mol. The molecule has 0 amide bonds. The zero-order valence-electron chi connectivity index (χ0n) is 12.0. The molecule has 1 aromatic carbocycles. The molecule has 16 heavy (non-hydrogen) atoms. The summed E-state index contributed by atoms with van der Waals surface area (Å²) in [6.45, 7) is -2.24. The lowest BCUT2D eigenvalue weighted by Gasteiger charge is -2.10. The van der Waals surface area contributed by atoms with Gasteiger partial charge in [-0.25, -0.2) is 0 Å². The zero-order valence-corrected chi connectivity index (χ0v) is 9.71. The fraction of sp³-hybridized carbons (Fsp3) is 0.417. The quantitative estimate of drug-likeness (QED) is 0.439. The van der Waals surface area contributed by atoms with Gasteiger partial charge in [0.1, 0.15) is 0 Å². The smallest absolute Gasteiger partial charge is 0.161 e. The van der Waals surface area contributed by atoms with E-state index in [0.717, 1.165) is 0 Å². The lowest BCUT2D eigenvalue weighted by atomic mass is 10.1. The number of benzene rings is 1. The highest BCUT2D eigenvalue weighted by Gasteiger charge is 2.07. The average molecular weight is 246 g/mol. The molecule has 4 heteroatoms. The monoisotopic (exact) mass is 245 g/mol. The third-order valence-electron chi connectivity index (χ3n) is 1.96. The van der Waals surface area contributed by atoms with E-state index in [4.69, 9.17) is 25.2 Å². The molecule has 0 fully saturated rings. The summed E-state index contributed by atoms with van der Waals surface area (Å²) in [7, 11) is 1.42. The Hall–Kier alpha value is -1.22. The van der Waals surface area contributed by atoms with Crippen LogP contribution < -0.4 is 9.47 Å². The molecular formula is C12H15ClO3. The molecule has 0 atom stereocenters. The Bertz CT molecular complexity index is 446. The highest BCUT2D eigenvalue weighted by molar-refractivity contribution is 6.17. The van der Waals surface area contributed by atoms with Crippen molar-refractivity contribution in [3.8, 4) is 11.5 Å². The van der Waals surface area contributed by atoms with Gasteiger partial charge >= 0.3 is 0 Å². The van der Waals surface area contributed by atoms with E-state index in [2.05, 4.69) is 0 Å². The second-order valence-corrected chi connectivity index (χ2v) is 3.46. The molecule has 3 nitrogen and oxygen atoms in total. The van der Waals surface area contributed by atoms with Crippen LogP contribution in [0.3, 0.4) is 0 Å². The summed E-state index contributed by atoms with van der Waals surface area (Å²) in [5.74, 6) is 0.343. The van der Waals surface area contributed by atoms with Gasteiger partial charge in [0.2, 0.25) is 0 Å². The summed E-state index contributed by atoms with van der Waals surface area (Å²) in [5.41, 5.74) is 0.0709. The van der Waals surface area contributed by atoms with Crippen LogP contribution in [0.2, 0.25) is 0 Å². The Balaban J connectivity index is 2.92. The van der Waals surface area contributed by atoms with E-state index in [0.29, 0.717) is 30.4 Å². The number of hydrogen-bond donors (Lipinski definition) is 0. The van der Waals surface area contributed by atoms with Crippen molar-refractivity contribution >= 4 is 17.4 Å². The Morgan fingerprint density at radius 2 is 2.31 bits per heavy atom. The molecule has 1 rings (SSSR count). The number of carbonyl (C=O) groups is 1. The second kappa shape index (κ2) is 6.38. The lowest BCUT2D eigenvalue weighted by molar-refractivity contribution is 0.101. The third kappa shape index (κ3) is 3.42. The Labute approximate surface area is 105 Å². The molecule has 0 bridgehead atoms. The van der Waals surface area contributed by atoms with Gasteiger partial charge in [0.25, 0.3) is 0 Å². The Morgan fingerprint density at radius 1 is 1.50 bits per heavy atom. The second-order valence-electron chi connectivity index (χ2n) is 3.09. The number of carbonyl (C=O) groups excluding carboxylic acids is 1. The minimum Gasteiger partial charge on any atom is -0.493 e. The van der Waals surface area contributed by atoms with Crippen LogP contribution in [0.4, 0.5) is 0 Å². The zero-order chi connectivity index (χ0) is 14.5. The summed E-state index contributed by atoms with van der Waals surface area (Å²) >= 11 is 5.54. The van der Waals surface area contributed by atoms with Crippen molar-refractivity contribution in [1.82, 2.24) is 0 Å². The fourth-order valence-corrected chi connectivity index (χ4v) is 1.27. The minimum absolute atomic E-state index is 0.0709. The molecule has 88 valence electrons. The van der Waals surface area contributed by atoms with E-state index >= 15 is 0 Å².